The summed E-state index contributed by atoms with van der Waals surface area (Å²) in [5, 5.41) is 13.0. The van der Waals surface area contributed by atoms with E-state index < -0.39 is 0 Å². The van der Waals surface area contributed by atoms with Gasteiger partial charge < -0.3 is 0 Å². The van der Waals surface area contributed by atoms with Crippen LogP contribution in [0.25, 0.3) is 27.8 Å². The van der Waals surface area contributed by atoms with E-state index in [1.165, 1.54) is 32.1 Å². The van der Waals surface area contributed by atoms with Crippen LogP contribution >= 0.6 is 46.1 Å². The molecule has 4 nitrogen and oxygen atoms in total. The molecule has 8 heteroatoms. The molecule has 4 aromatic rings. The molecule has 2 aromatic heterocycles. The highest BCUT2D eigenvalue weighted by molar-refractivity contribution is 7.14. The maximum absolute atomic E-state index is 6.62. The molecule has 2 heterocycles. The van der Waals surface area contributed by atoms with Gasteiger partial charge in [-0.3, -0.25) is 4.57 Å². The molecule has 1 saturated carbocycles. The van der Waals surface area contributed by atoms with Crippen LogP contribution in [0.2, 0.25) is 15.1 Å². The van der Waals surface area contributed by atoms with Gasteiger partial charge in [-0.05, 0) is 61.7 Å². The van der Waals surface area contributed by atoms with Crippen LogP contribution in [0.1, 0.15) is 55.6 Å². The van der Waals surface area contributed by atoms with E-state index in [2.05, 4.69) is 21.7 Å². The number of halogens is 3. The molecule has 170 valence electrons. The van der Waals surface area contributed by atoms with Gasteiger partial charge in [0.05, 0.1) is 10.7 Å². The maximum Gasteiger partial charge on any atom is 0.168 e. The second-order valence-corrected chi connectivity index (χ2v) is 10.6. The van der Waals surface area contributed by atoms with Crippen molar-refractivity contribution in [2.75, 3.05) is 0 Å². The van der Waals surface area contributed by atoms with E-state index in [-0.39, 0.29) is 0 Å². The van der Waals surface area contributed by atoms with Gasteiger partial charge in [0.15, 0.2) is 5.01 Å². The third-order valence-electron chi connectivity index (χ3n) is 6.16. The summed E-state index contributed by atoms with van der Waals surface area (Å²) in [6.45, 7) is 2.13. The number of hydrogen-bond acceptors (Lipinski definition) is 4. The summed E-state index contributed by atoms with van der Waals surface area (Å²) < 4.78 is 2.14. The summed E-state index contributed by atoms with van der Waals surface area (Å²) in [6, 6.07) is 13.3. The Kier molecular flexibility index (Phi) is 6.75. The van der Waals surface area contributed by atoms with E-state index >= 15 is 0 Å². The molecule has 0 aliphatic heterocycles. The zero-order valence-corrected chi connectivity index (χ0v) is 21.3. The molecule has 5 rings (SSSR count). The highest BCUT2D eigenvalue weighted by Gasteiger charge is 2.26. The molecule has 0 N–H and O–H groups in total. The van der Waals surface area contributed by atoms with Crippen molar-refractivity contribution < 1.29 is 0 Å². The number of aromatic nitrogens is 4. The SMILES string of the molecule is CCc1c(-c2nnc(C3CCCCC3)s2)nc(-c2ccc(Cl)cc2Cl)n1-c1ccc(Cl)cc1. The Morgan fingerprint density at radius 2 is 1.67 bits per heavy atom. The van der Waals surface area contributed by atoms with E-state index in [0.717, 1.165) is 44.9 Å². The average Bonchev–Trinajstić information content (AvgIpc) is 3.45. The molecule has 2 aromatic carbocycles. The normalized spacial score (nSPS) is 14.7. The van der Waals surface area contributed by atoms with Crippen molar-refractivity contribution in [2.45, 2.75) is 51.4 Å². The highest BCUT2D eigenvalue weighted by atomic mass is 35.5. The van der Waals surface area contributed by atoms with Crippen LogP contribution in [-0.2, 0) is 6.42 Å². The van der Waals surface area contributed by atoms with Gasteiger partial charge in [-0.1, -0.05) is 72.3 Å². The molecule has 0 spiro atoms. The lowest BCUT2D eigenvalue weighted by atomic mass is 9.90. The average molecular weight is 518 g/mol. The van der Waals surface area contributed by atoms with Crippen LogP contribution < -0.4 is 0 Å². The van der Waals surface area contributed by atoms with Crippen molar-refractivity contribution in [3.63, 3.8) is 0 Å². The zero-order chi connectivity index (χ0) is 22.9. The Morgan fingerprint density at radius 3 is 2.36 bits per heavy atom. The molecule has 1 aliphatic carbocycles. The lowest BCUT2D eigenvalue weighted by Gasteiger charge is -2.18. The summed E-state index contributed by atoms with van der Waals surface area (Å²) in [5.74, 6) is 1.26. The monoisotopic (exact) mass is 516 g/mol. The van der Waals surface area contributed by atoms with Crippen molar-refractivity contribution in [1.82, 2.24) is 19.7 Å². The number of imidazole rings is 1. The standard InChI is InChI=1S/C25H23Cl3N4S/c1-2-21-22(25-31-30-24(33-25)15-6-4-3-5-7-15)29-23(19-13-10-17(27)14-20(19)28)32(21)18-11-8-16(26)9-12-18/h8-15H,2-7H2,1H3. The first-order valence-corrected chi connectivity index (χ1v) is 13.2. The quantitative estimate of drug-likeness (QED) is 0.266. The fourth-order valence-electron chi connectivity index (χ4n) is 4.52. The predicted molar refractivity (Wildman–Crippen MR) is 138 cm³/mol. The van der Waals surface area contributed by atoms with Gasteiger partial charge in [0, 0.05) is 27.2 Å². The topological polar surface area (TPSA) is 43.6 Å². The Morgan fingerprint density at radius 1 is 0.939 bits per heavy atom. The third kappa shape index (κ3) is 4.57. The second kappa shape index (κ2) is 9.75. The third-order valence-corrected chi connectivity index (χ3v) is 8.05. The highest BCUT2D eigenvalue weighted by Crippen LogP contribution is 2.40. The minimum absolute atomic E-state index is 0.513. The largest absolute Gasteiger partial charge is 0.296 e. The second-order valence-electron chi connectivity index (χ2n) is 8.30. The van der Waals surface area contributed by atoms with E-state index in [4.69, 9.17) is 39.8 Å². The molecule has 0 atom stereocenters. The minimum atomic E-state index is 0.513. The van der Waals surface area contributed by atoms with E-state index in [1.807, 2.05) is 36.4 Å². The molecular weight excluding hydrogens is 495 g/mol. The van der Waals surface area contributed by atoms with Crippen molar-refractivity contribution in [1.29, 1.82) is 0 Å². The van der Waals surface area contributed by atoms with Crippen LogP contribution in [0, 0.1) is 0 Å². The minimum Gasteiger partial charge on any atom is -0.296 e. The Labute approximate surface area is 212 Å². The number of nitrogens with zero attached hydrogens (tertiary/aromatic N) is 4. The zero-order valence-electron chi connectivity index (χ0n) is 18.2. The molecule has 0 saturated heterocycles. The Hall–Kier alpha value is -1.92. The van der Waals surface area contributed by atoms with Gasteiger partial charge >= 0.3 is 0 Å². The van der Waals surface area contributed by atoms with Gasteiger partial charge in [-0.15, -0.1) is 10.2 Å². The lowest BCUT2D eigenvalue weighted by molar-refractivity contribution is 0.440. The van der Waals surface area contributed by atoms with E-state index in [0.29, 0.717) is 21.0 Å². The van der Waals surface area contributed by atoms with Crippen molar-refractivity contribution in [2.24, 2.45) is 0 Å². The van der Waals surface area contributed by atoms with Crippen LogP contribution in [0.4, 0.5) is 0 Å². The lowest BCUT2D eigenvalue weighted by Crippen LogP contribution is -2.03. The number of hydrogen-bond donors (Lipinski definition) is 0. The summed E-state index contributed by atoms with van der Waals surface area (Å²) in [5.41, 5.74) is 3.69. The fraction of sp³-hybridized carbons (Fsp3) is 0.320. The van der Waals surface area contributed by atoms with Gasteiger partial charge in [0.1, 0.15) is 16.5 Å². The van der Waals surface area contributed by atoms with Gasteiger partial charge in [0.2, 0.25) is 0 Å². The summed E-state index contributed by atoms with van der Waals surface area (Å²) in [6.07, 6.45) is 7.02. The fourth-order valence-corrected chi connectivity index (χ4v) is 6.16. The Balaban J connectivity index is 1.68. The van der Waals surface area contributed by atoms with Crippen LogP contribution in [0.3, 0.4) is 0 Å². The van der Waals surface area contributed by atoms with Crippen molar-refractivity contribution in [3.8, 4) is 27.8 Å². The first-order chi connectivity index (χ1) is 16.0. The molecule has 33 heavy (non-hydrogen) atoms. The molecule has 0 unspecified atom stereocenters. The van der Waals surface area contributed by atoms with Gasteiger partial charge in [-0.25, -0.2) is 4.98 Å². The Bertz CT molecular complexity index is 1270. The molecular formula is C25H23Cl3N4S. The molecule has 1 fully saturated rings. The number of benzene rings is 2. The van der Waals surface area contributed by atoms with Crippen LogP contribution in [-0.4, -0.2) is 19.7 Å². The molecule has 0 amide bonds. The molecule has 0 bridgehead atoms. The smallest absolute Gasteiger partial charge is 0.168 e. The van der Waals surface area contributed by atoms with Crippen LogP contribution in [0.15, 0.2) is 42.5 Å². The summed E-state index contributed by atoms with van der Waals surface area (Å²) in [7, 11) is 0. The van der Waals surface area contributed by atoms with Crippen molar-refractivity contribution >= 4 is 46.1 Å². The maximum atomic E-state index is 6.62. The van der Waals surface area contributed by atoms with E-state index in [1.54, 1.807) is 17.4 Å². The first-order valence-electron chi connectivity index (χ1n) is 11.2. The predicted octanol–water partition coefficient (Wildman–Crippen LogP) is 8.63. The molecule has 1 aliphatic rings. The van der Waals surface area contributed by atoms with E-state index in [9.17, 15) is 0 Å². The number of rotatable bonds is 5. The van der Waals surface area contributed by atoms with Crippen molar-refractivity contribution in [3.05, 3.63) is 68.2 Å². The van der Waals surface area contributed by atoms with Gasteiger partial charge in [0.25, 0.3) is 0 Å². The van der Waals surface area contributed by atoms with Crippen LogP contribution in [0.5, 0.6) is 0 Å². The molecule has 0 radical (unpaired) electrons. The summed E-state index contributed by atoms with van der Waals surface area (Å²) in [4.78, 5) is 5.08. The summed E-state index contributed by atoms with van der Waals surface area (Å²) >= 11 is 20.6. The van der Waals surface area contributed by atoms with Gasteiger partial charge in [-0.2, -0.15) is 0 Å². The first kappa shape index (κ1) is 22.9.